The Bertz CT molecular complexity index is 875. The van der Waals surface area contributed by atoms with Crippen LogP contribution in [0.2, 0.25) is 0 Å². The van der Waals surface area contributed by atoms with Crippen LogP contribution >= 0.6 is 11.3 Å². The van der Waals surface area contributed by atoms with Gasteiger partial charge < -0.3 is 15.4 Å². The van der Waals surface area contributed by atoms with Crippen molar-refractivity contribution in [1.29, 1.82) is 0 Å². The van der Waals surface area contributed by atoms with Crippen LogP contribution in [-0.4, -0.2) is 18.1 Å². The Labute approximate surface area is 145 Å². The number of fused-ring (bicyclic) bond motifs is 1. The minimum absolute atomic E-state index is 0.593. The smallest absolute Gasteiger partial charge is 0.180 e. The number of rotatable bonds is 3. The maximum absolute atomic E-state index is 5.83. The molecule has 2 heterocycles. The lowest BCUT2D eigenvalue weighted by Gasteiger charge is -2.32. The monoisotopic (exact) mass is 337 g/mol. The third kappa shape index (κ3) is 2.83. The second-order valence-electron chi connectivity index (χ2n) is 5.95. The van der Waals surface area contributed by atoms with Crippen LogP contribution in [-0.2, 0) is 6.54 Å². The molecule has 1 aliphatic heterocycles. The number of benzene rings is 2. The molecule has 4 rings (SSSR count). The summed E-state index contributed by atoms with van der Waals surface area (Å²) >= 11 is 1.46. The molecule has 5 heteroatoms. The van der Waals surface area contributed by atoms with Gasteiger partial charge in [0.1, 0.15) is 12.4 Å². The third-order valence-electron chi connectivity index (χ3n) is 4.36. The minimum atomic E-state index is 0.593. The summed E-state index contributed by atoms with van der Waals surface area (Å²) in [6.07, 6.45) is 0. The van der Waals surface area contributed by atoms with Crippen molar-refractivity contribution >= 4 is 22.2 Å². The molecule has 0 atom stereocenters. The van der Waals surface area contributed by atoms with Crippen LogP contribution in [0.15, 0.2) is 47.8 Å². The van der Waals surface area contributed by atoms with Gasteiger partial charge in [-0.15, -0.1) is 11.3 Å². The highest BCUT2D eigenvalue weighted by atomic mass is 32.1. The SMILES string of the molecule is Cc1ccccc1CN1CCOc2ccc(-c3csc(N)n3)cc21. The van der Waals surface area contributed by atoms with Gasteiger partial charge in [-0.1, -0.05) is 24.3 Å². The predicted octanol–water partition coefficient (Wildman–Crippen LogP) is 4.10. The van der Waals surface area contributed by atoms with E-state index in [4.69, 9.17) is 10.5 Å². The van der Waals surface area contributed by atoms with Crippen molar-refractivity contribution in [2.45, 2.75) is 13.5 Å². The normalized spacial score (nSPS) is 13.5. The minimum Gasteiger partial charge on any atom is -0.490 e. The van der Waals surface area contributed by atoms with E-state index in [1.54, 1.807) is 0 Å². The zero-order chi connectivity index (χ0) is 16.5. The average Bonchev–Trinajstić information content (AvgIpc) is 3.03. The summed E-state index contributed by atoms with van der Waals surface area (Å²) in [6.45, 7) is 4.63. The molecule has 0 fully saturated rings. The number of nitrogens with two attached hydrogens (primary N) is 1. The average molecular weight is 337 g/mol. The number of nitrogens with zero attached hydrogens (tertiary/aromatic N) is 2. The maximum Gasteiger partial charge on any atom is 0.180 e. The molecule has 0 unspecified atom stereocenters. The highest BCUT2D eigenvalue weighted by Crippen LogP contribution is 2.37. The Morgan fingerprint density at radius 1 is 1.25 bits per heavy atom. The fourth-order valence-corrected chi connectivity index (χ4v) is 3.58. The molecular formula is C19H19N3OS. The lowest BCUT2D eigenvalue weighted by Crippen LogP contribution is -2.32. The summed E-state index contributed by atoms with van der Waals surface area (Å²) < 4.78 is 5.83. The van der Waals surface area contributed by atoms with Gasteiger partial charge >= 0.3 is 0 Å². The first-order chi connectivity index (χ1) is 11.7. The van der Waals surface area contributed by atoms with E-state index in [1.807, 2.05) is 17.5 Å². The molecule has 0 aliphatic carbocycles. The van der Waals surface area contributed by atoms with Gasteiger partial charge in [0.15, 0.2) is 5.13 Å². The Morgan fingerprint density at radius 2 is 2.12 bits per heavy atom. The van der Waals surface area contributed by atoms with Crippen LogP contribution in [0, 0.1) is 6.92 Å². The molecular weight excluding hydrogens is 318 g/mol. The van der Waals surface area contributed by atoms with E-state index in [0.29, 0.717) is 11.7 Å². The molecule has 1 aromatic heterocycles. The number of hydrogen-bond donors (Lipinski definition) is 1. The van der Waals surface area contributed by atoms with Crippen LogP contribution in [0.25, 0.3) is 11.3 Å². The molecule has 0 saturated carbocycles. The molecule has 122 valence electrons. The van der Waals surface area contributed by atoms with Crippen LogP contribution < -0.4 is 15.4 Å². The number of anilines is 2. The third-order valence-corrected chi connectivity index (χ3v) is 5.03. The topological polar surface area (TPSA) is 51.4 Å². The van der Waals surface area contributed by atoms with Gasteiger partial charge in [0.25, 0.3) is 0 Å². The van der Waals surface area contributed by atoms with Gasteiger partial charge in [-0.05, 0) is 36.2 Å². The molecule has 24 heavy (non-hydrogen) atoms. The quantitative estimate of drug-likeness (QED) is 0.782. The van der Waals surface area contributed by atoms with Crippen LogP contribution in [0.4, 0.5) is 10.8 Å². The van der Waals surface area contributed by atoms with Crippen molar-refractivity contribution in [3.05, 3.63) is 59.0 Å². The second-order valence-corrected chi connectivity index (χ2v) is 6.84. The first-order valence-electron chi connectivity index (χ1n) is 7.98. The lowest BCUT2D eigenvalue weighted by molar-refractivity contribution is 0.307. The summed E-state index contributed by atoms with van der Waals surface area (Å²) in [5.74, 6) is 0.932. The van der Waals surface area contributed by atoms with E-state index in [-0.39, 0.29) is 0 Å². The van der Waals surface area contributed by atoms with E-state index in [0.717, 1.165) is 35.8 Å². The van der Waals surface area contributed by atoms with E-state index in [1.165, 1.54) is 22.5 Å². The number of ether oxygens (including phenoxy) is 1. The molecule has 0 amide bonds. The summed E-state index contributed by atoms with van der Waals surface area (Å²) in [7, 11) is 0. The van der Waals surface area contributed by atoms with Gasteiger partial charge in [-0.3, -0.25) is 0 Å². The van der Waals surface area contributed by atoms with Crippen LogP contribution in [0.3, 0.4) is 0 Å². The Morgan fingerprint density at radius 3 is 2.92 bits per heavy atom. The Hall–Kier alpha value is -2.53. The first-order valence-corrected chi connectivity index (χ1v) is 8.86. The van der Waals surface area contributed by atoms with Crippen molar-refractivity contribution in [1.82, 2.24) is 4.98 Å². The van der Waals surface area contributed by atoms with Crippen molar-refractivity contribution in [2.75, 3.05) is 23.8 Å². The molecule has 1 aliphatic rings. The highest BCUT2D eigenvalue weighted by Gasteiger charge is 2.20. The van der Waals surface area contributed by atoms with Crippen molar-refractivity contribution in [3.63, 3.8) is 0 Å². The van der Waals surface area contributed by atoms with E-state index < -0.39 is 0 Å². The summed E-state index contributed by atoms with van der Waals surface area (Å²) in [6, 6.07) is 14.8. The van der Waals surface area contributed by atoms with Gasteiger partial charge in [-0.25, -0.2) is 4.98 Å². The van der Waals surface area contributed by atoms with Crippen LogP contribution in [0.5, 0.6) is 5.75 Å². The zero-order valence-electron chi connectivity index (χ0n) is 13.5. The summed E-state index contributed by atoms with van der Waals surface area (Å²) in [4.78, 5) is 6.77. The molecule has 0 bridgehead atoms. The molecule has 0 radical (unpaired) electrons. The number of aryl methyl sites for hydroxylation is 1. The lowest BCUT2D eigenvalue weighted by atomic mass is 10.1. The number of hydrogen-bond acceptors (Lipinski definition) is 5. The number of aromatic nitrogens is 1. The van der Waals surface area contributed by atoms with Gasteiger partial charge in [0.2, 0.25) is 0 Å². The Balaban J connectivity index is 1.69. The standard InChI is InChI=1S/C19H19N3OS/c1-13-4-2-3-5-15(13)11-22-8-9-23-18-7-6-14(10-17(18)22)16-12-24-19(20)21-16/h2-7,10,12H,8-9,11H2,1H3,(H2,20,21). The first kappa shape index (κ1) is 15.0. The van der Waals surface area contributed by atoms with E-state index in [9.17, 15) is 0 Å². The fraction of sp³-hybridized carbons (Fsp3) is 0.211. The van der Waals surface area contributed by atoms with Crippen molar-refractivity contribution in [2.24, 2.45) is 0 Å². The highest BCUT2D eigenvalue weighted by molar-refractivity contribution is 7.13. The second kappa shape index (κ2) is 6.17. The van der Waals surface area contributed by atoms with Crippen LogP contribution in [0.1, 0.15) is 11.1 Å². The summed E-state index contributed by atoms with van der Waals surface area (Å²) in [5, 5.41) is 2.59. The molecule has 2 N–H and O–H groups in total. The largest absolute Gasteiger partial charge is 0.490 e. The fourth-order valence-electron chi connectivity index (χ4n) is 3.01. The predicted molar refractivity (Wildman–Crippen MR) is 99.7 cm³/mol. The molecule has 4 nitrogen and oxygen atoms in total. The van der Waals surface area contributed by atoms with Crippen molar-refractivity contribution in [3.8, 4) is 17.0 Å². The molecule has 2 aromatic carbocycles. The van der Waals surface area contributed by atoms with Gasteiger partial charge in [0.05, 0.1) is 17.9 Å². The number of nitrogen functional groups attached to an aromatic ring is 1. The van der Waals surface area contributed by atoms with E-state index >= 15 is 0 Å². The van der Waals surface area contributed by atoms with Gasteiger partial charge in [-0.2, -0.15) is 0 Å². The molecule has 3 aromatic rings. The van der Waals surface area contributed by atoms with Gasteiger partial charge in [0, 0.05) is 17.5 Å². The zero-order valence-corrected chi connectivity index (χ0v) is 14.3. The molecule has 0 spiro atoms. The Kier molecular flexibility index (Phi) is 3.86. The van der Waals surface area contributed by atoms with Crippen molar-refractivity contribution < 1.29 is 4.74 Å². The molecule has 0 saturated heterocycles. The number of thiazole rings is 1. The van der Waals surface area contributed by atoms with E-state index in [2.05, 4.69) is 47.1 Å². The summed E-state index contributed by atoms with van der Waals surface area (Å²) in [5.41, 5.74) is 11.5. The maximum atomic E-state index is 5.83.